The van der Waals surface area contributed by atoms with Gasteiger partial charge in [-0.3, -0.25) is 9.59 Å². The van der Waals surface area contributed by atoms with Gasteiger partial charge in [0.05, 0.1) is 22.9 Å². The fourth-order valence-corrected chi connectivity index (χ4v) is 1.40. The van der Waals surface area contributed by atoms with Gasteiger partial charge in [-0.05, 0) is 0 Å². The van der Waals surface area contributed by atoms with E-state index in [1.54, 1.807) is 0 Å². The molecule has 0 unspecified atom stereocenters. The zero-order valence-corrected chi connectivity index (χ0v) is 10.4. The van der Waals surface area contributed by atoms with Gasteiger partial charge in [0.15, 0.2) is 0 Å². The predicted octanol–water partition coefficient (Wildman–Crippen LogP) is 2.11. The normalized spacial score (nSPS) is 10.9. The molecule has 86 valence electrons. The zero-order chi connectivity index (χ0) is 12.4. The zero-order valence-electron chi connectivity index (χ0n) is 8.28. The summed E-state index contributed by atoms with van der Waals surface area (Å²) >= 11 is 1.50. The van der Waals surface area contributed by atoms with Gasteiger partial charge in [0.2, 0.25) is 5.43 Å². The van der Waals surface area contributed by atoms with Crippen LogP contribution in [0.2, 0.25) is 0 Å². The topological polar surface area (TPSA) is 37.4 Å². The molecule has 0 amide bonds. The third kappa shape index (κ3) is 2.70. The highest BCUT2D eigenvalue weighted by Crippen LogP contribution is 2.33. The molecule has 0 fully saturated rings. The first kappa shape index (κ1) is 14.4. The van der Waals surface area contributed by atoms with Gasteiger partial charge >= 0.3 is 6.18 Å². The second-order valence-electron chi connectivity index (χ2n) is 2.36. The van der Waals surface area contributed by atoms with Crippen molar-refractivity contribution in [2.24, 2.45) is 0 Å². The van der Waals surface area contributed by atoms with E-state index in [1.807, 2.05) is 13.8 Å². The number of halogens is 4. The minimum Gasteiger partial charge on any atom is -0.314 e. The largest absolute Gasteiger partial charge is 0.422 e. The van der Waals surface area contributed by atoms with Crippen molar-refractivity contribution >= 4 is 28.6 Å². The van der Waals surface area contributed by atoms with Crippen LogP contribution >= 0.6 is 22.9 Å². The monoisotopic (exact) mass is 335 g/mol. The molecule has 15 heavy (non-hydrogen) atoms. The van der Waals surface area contributed by atoms with Crippen LogP contribution in [0.5, 0.6) is 0 Å². The molecule has 0 atom stereocenters. The second kappa shape index (κ2) is 4.95. The smallest absolute Gasteiger partial charge is 0.314 e. The molecule has 1 aromatic rings. The van der Waals surface area contributed by atoms with E-state index >= 15 is 0 Å². The highest BCUT2D eigenvalue weighted by Gasteiger charge is 2.43. The average Bonchev–Trinajstić information content (AvgIpc) is 2.13. The van der Waals surface area contributed by atoms with E-state index in [-0.39, 0.29) is 0 Å². The minimum absolute atomic E-state index is 0.571. The maximum absolute atomic E-state index is 12.1. The highest BCUT2D eigenvalue weighted by atomic mass is 127. The quantitative estimate of drug-likeness (QED) is 0.448. The van der Waals surface area contributed by atoms with Gasteiger partial charge in [-0.15, -0.1) is 0 Å². The Bertz CT molecular complexity index is 404. The average molecular weight is 335 g/mol. The minimum atomic E-state index is -4.74. The van der Waals surface area contributed by atoms with E-state index in [1.165, 1.54) is 29.9 Å². The summed E-state index contributed by atoms with van der Waals surface area (Å²) in [6, 6.07) is 0. The molecule has 1 aromatic carbocycles. The van der Waals surface area contributed by atoms with Gasteiger partial charge in [0.1, 0.15) is 11.3 Å². The van der Waals surface area contributed by atoms with Crippen molar-refractivity contribution in [1.29, 1.82) is 0 Å². The first-order valence-corrected chi connectivity index (χ1v) is 5.03. The van der Waals surface area contributed by atoms with E-state index in [2.05, 4.69) is 0 Å². The predicted molar refractivity (Wildman–Crippen MR) is 60.1 cm³/mol. The second-order valence-corrected chi connectivity index (χ2v) is 3.80. The molecule has 0 heterocycles. The van der Waals surface area contributed by atoms with Crippen LogP contribution in [0.1, 0.15) is 19.4 Å². The van der Waals surface area contributed by atoms with Gasteiger partial charge in [-0.25, -0.2) is 0 Å². The Hall–Kier alpha value is -0.600. The first-order chi connectivity index (χ1) is 6.76. The van der Waals surface area contributed by atoms with Crippen LogP contribution in [0.25, 0.3) is 0 Å². The summed E-state index contributed by atoms with van der Waals surface area (Å²) in [7, 11) is 1.27. The van der Waals surface area contributed by atoms with Crippen molar-refractivity contribution in [3.63, 3.8) is 0 Å². The van der Waals surface area contributed by atoms with Crippen molar-refractivity contribution in [3.8, 4) is 0 Å². The van der Waals surface area contributed by atoms with Crippen molar-refractivity contribution in [2.45, 2.75) is 20.0 Å². The third-order valence-corrected chi connectivity index (χ3v) is 1.96. The van der Waals surface area contributed by atoms with Crippen LogP contribution < -0.4 is 14.0 Å². The summed E-state index contributed by atoms with van der Waals surface area (Å²) in [5.74, 6) is 0. The lowest BCUT2D eigenvalue weighted by molar-refractivity contribution is -0.138. The molecule has 0 N–H and O–H groups in total. The van der Waals surface area contributed by atoms with Gasteiger partial charge in [-0.1, -0.05) is 13.8 Å². The highest BCUT2D eigenvalue weighted by molar-refractivity contribution is 14.1. The Labute approximate surface area is 98.1 Å². The molecule has 0 spiro atoms. The Morgan fingerprint density at radius 2 is 1.53 bits per heavy atom. The van der Waals surface area contributed by atoms with Gasteiger partial charge in [0.25, 0.3) is 5.43 Å². The number of alkyl halides is 3. The summed E-state index contributed by atoms with van der Waals surface area (Å²) in [6.07, 6.45) is -4.74. The Kier molecular flexibility index (Phi) is 4.75. The number of anilines is 1. The summed E-state index contributed by atoms with van der Waals surface area (Å²) in [6.45, 7) is 4.00. The SMILES string of the molecule is CC.CN(I)c1c(C(F)(F)F)c(=O)c1=O. The molecule has 0 aliphatic rings. The van der Waals surface area contributed by atoms with Crippen LogP contribution in [-0.2, 0) is 6.18 Å². The van der Waals surface area contributed by atoms with E-state index in [0.29, 0.717) is 0 Å². The molecule has 3 nitrogen and oxygen atoms in total. The van der Waals surface area contributed by atoms with E-state index in [9.17, 15) is 22.8 Å². The van der Waals surface area contributed by atoms with Crippen LogP contribution in [0.4, 0.5) is 18.9 Å². The number of hydrogen-bond acceptors (Lipinski definition) is 3. The molecule has 0 aromatic heterocycles. The molecule has 0 aliphatic carbocycles. The van der Waals surface area contributed by atoms with E-state index in [4.69, 9.17) is 0 Å². The Balaban J connectivity index is 0.000000921. The fourth-order valence-electron chi connectivity index (χ4n) is 0.937. The van der Waals surface area contributed by atoms with Crippen LogP contribution in [0, 0.1) is 0 Å². The van der Waals surface area contributed by atoms with Crippen LogP contribution in [0.15, 0.2) is 9.59 Å². The molecule has 0 bridgehead atoms. The molecular weight excluding hydrogens is 326 g/mol. The van der Waals surface area contributed by atoms with Crippen LogP contribution in [0.3, 0.4) is 0 Å². The third-order valence-electron chi connectivity index (χ3n) is 1.48. The van der Waals surface area contributed by atoms with E-state index < -0.39 is 28.3 Å². The van der Waals surface area contributed by atoms with Gasteiger partial charge in [0, 0.05) is 7.05 Å². The van der Waals surface area contributed by atoms with Gasteiger partial charge < -0.3 is 3.11 Å². The van der Waals surface area contributed by atoms with Crippen LogP contribution in [-0.4, -0.2) is 7.05 Å². The summed E-state index contributed by atoms with van der Waals surface area (Å²) in [4.78, 5) is 21.3. The maximum atomic E-state index is 12.1. The molecule has 7 heteroatoms. The van der Waals surface area contributed by atoms with Crippen molar-refractivity contribution in [3.05, 3.63) is 26.0 Å². The standard InChI is InChI=1S/C6H3F3INO2.C2H6/c1-11(10)3-2(6(7,8)9)4(12)5(3)13;1-2/h1H3;1-2H3. The van der Waals surface area contributed by atoms with Gasteiger partial charge in [-0.2, -0.15) is 13.2 Å². The molecule has 0 saturated heterocycles. The maximum Gasteiger partial charge on any atom is 0.422 e. The Morgan fingerprint density at radius 1 is 1.13 bits per heavy atom. The summed E-state index contributed by atoms with van der Waals surface area (Å²) < 4.78 is 37.2. The van der Waals surface area contributed by atoms with Crippen molar-refractivity contribution in [2.75, 3.05) is 10.2 Å². The fraction of sp³-hybridized carbons (Fsp3) is 0.500. The lowest BCUT2D eigenvalue weighted by atomic mass is 10.1. The molecule has 0 saturated carbocycles. The summed E-state index contributed by atoms with van der Waals surface area (Å²) in [5.41, 5.74) is -4.46. The molecular formula is C8H9F3INO2. The lowest BCUT2D eigenvalue weighted by Gasteiger charge is -2.17. The molecule has 0 aliphatic heterocycles. The van der Waals surface area contributed by atoms with E-state index in [0.717, 1.165) is 3.11 Å². The number of nitrogens with zero attached hydrogens (tertiary/aromatic N) is 1. The lowest BCUT2D eigenvalue weighted by Crippen LogP contribution is -2.43. The molecule has 0 radical (unpaired) electrons. The first-order valence-electron chi connectivity index (χ1n) is 4.07. The molecule has 1 rings (SSSR count). The summed E-state index contributed by atoms with van der Waals surface area (Å²) in [5, 5.41) is 0. The Morgan fingerprint density at radius 3 is 1.73 bits per heavy atom. The number of hydrogen-bond donors (Lipinski definition) is 0. The number of rotatable bonds is 1. The van der Waals surface area contributed by atoms with Crippen molar-refractivity contribution < 1.29 is 13.2 Å². The van der Waals surface area contributed by atoms with Crippen molar-refractivity contribution in [1.82, 2.24) is 0 Å².